The van der Waals surface area contributed by atoms with Gasteiger partial charge in [0.15, 0.2) is 0 Å². The lowest BCUT2D eigenvalue weighted by molar-refractivity contribution is 0.548. The van der Waals surface area contributed by atoms with Crippen LogP contribution in [0.1, 0.15) is 19.5 Å². The summed E-state index contributed by atoms with van der Waals surface area (Å²) in [6, 6.07) is 4.34. The molecule has 0 aliphatic carbocycles. The highest BCUT2D eigenvalue weighted by molar-refractivity contribution is 6.30. The quantitative estimate of drug-likeness (QED) is 0.917. The lowest BCUT2D eigenvalue weighted by atomic mass is 10.2. The van der Waals surface area contributed by atoms with Crippen molar-refractivity contribution < 1.29 is 4.39 Å². The van der Waals surface area contributed by atoms with Crippen molar-refractivity contribution in [3.8, 4) is 5.69 Å². The van der Waals surface area contributed by atoms with Gasteiger partial charge in [0.1, 0.15) is 11.5 Å². The highest BCUT2D eigenvalue weighted by Gasteiger charge is 2.08. The van der Waals surface area contributed by atoms with Crippen LogP contribution in [0.25, 0.3) is 5.69 Å². The number of nitrogens with zero attached hydrogens (tertiary/aromatic N) is 3. The molecule has 0 saturated carbocycles. The standard InChI is InChI=1S/C13H16ClFN4/c1-9(2)6-16-7-11-8-19(18-17-11)13-5-10(14)3-4-12(13)15/h3-5,8-9,16H,6-7H2,1-2H3. The number of aromatic nitrogens is 3. The molecule has 102 valence electrons. The van der Waals surface area contributed by atoms with Crippen LogP contribution in [0.5, 0.6) is 0 Å². The van der Waals surface area contributed by atoms with Gasteiger partial charge in [0, 0.05) is 11.6 Å². The summed E-state index contributed by atoms with van der Waals surface area (Å²) in [5.74, 6) is 0.191. The predicted molar refractivity (Wildman–Crippen MR) is 72.9 cm³/mol. The number of hydrogen-bond acceptors (Lipinski definition) is 3. The number of halogens is 2. The monoisotopic (exact) mass is 282 g/mol. The second-order valence-corrected chi connectivity index (χ2v) is 5.21. The van der Waals surface area contributed by atoms with Gasteiger partial charge >= 0.3 is 0 Å². The second-order valence-electron chi connectivity index (χ2n) is 4.77. The number of nitrogens with one attached hydrogen (secondary N) is 1. The summed E-state index contributed by atoms with van der Waals surface area (Å²) < 4.78 is 15.1. The fourth-order valence-corrected chi connectivity index (χ4v) is 1.81. The van der Waals surface area contributed by atoms with Gasteiger partial charge in [-0.3, -0.25) is 0 Å². The lowest BCUT2D eigenvalue weighted by Gasteiger charge is -2.04. The van der Waals surface area contributed by atoms with Crippen LogP contribution >= 0.6 is 11.6 Å². The zero-order chi connectivity index (χ0) is 13.8. The van der Waals surface area contributed by atoms with E-state index in [0.29, 0.717) is 23.2 Å². The molecule has 0 saturated heterocycles. The molecule has 0 unspecified atom stereocenters. The summed E-state index contributed by atoms with van der Waals surface area (Å²) in [5, 5.41) is 11.6. The lowest BCUT2D eigenvalue weighted by Crippen LogP contribution is -2.19. The molecule has 1 aromatic carbocycles. The first-order valence-corrected chi connectivity index (χ1v) is 6.51. The molecule has 19 heavy (non-hydrogen) atoms. The van der Waals surface area contributed by atoms with Gasteiger partial charge < -0.3 is 5.32 Å². The fraction of sp³-hybridized carbons (Fsp3) is 0.385. The van der Waals surface area contributed by atoms with Crippen LogP contribution in [0.2, 0.25) is 5.02 Å². The topological polar surface area (TPSA) is 42.7 Å². The third kappa shape index (κ3) is 3.75. The largest absolute Gasteiger partial charge is 0.311 e. The molecular weight excluding hydrogens is 267 g/mol. The Labute approximate surface area is 116 Å². The van der Waals surface area contributed by atoms with E-state index in [1.807, 2.05) is 0 Å². The van der Waals surface area contributed by atoms with E-state index in [0.717, 1.165) is 12.2 Å². The van der Waals surface area contributed by atoms with Crippen molar-refractivity contribution >= 4 is 11.6 Å². The molecule has 0 aliphatic heterocycles. The Morgan fingerprint density at radius 1 is 1.42 bits per heavy atom. The average Bonchev–Trinajstić information content (AvgIpc) is 2.80. The molecule has 0 fully saturated rings. The molecule has 1 heterocycles. The van der Waals surface area contributed by atoms with Crippen molar-refractivity contribution in [3.63, 3.8) is 0 Å². The number of rotatable bonds is 5. The summed E-state index contributed by atoms with van der Waals surface area (Å²) in [6.45, 7) is 5.77. The first-order chi connectivity index (χ1) is 9.06. The molecule has 0 atom stereocenters. The maximum absolute atomic E-state index is 13.7. The van der Waals surface area contributed by atoms with Gasteiger partial charge in [-0.05, 0) is 30.7 Å². The van der Waals surface area contributed by atoms with Crippen molar-refractivity contribution in [2.75, 3.05) is 6.54 Å². The maximum Gasteiger partial charge on any atom is 0.149 e. The van der Waals surface area contributed by atoms with E-state index >= 15 is 0 Å². The zero-order valence-electron chi connectivity index (χ0n) is 10.9. The molecule has 0 spiro atoms. The zero-order valence-corrected chi connectivity index (χ0v) is 11.7. The van der Waals surface area contributed by atoms with Gasteiger partial charge in [-0.1, -0.05) is 30.7 Å². The Hall–Kier alpha value is -1.46. The summed E-state index contributed by atoms with van der Waals surface area (Å²) in [7, 11) is 0. The van der Waals surface area contributed by atoms with E-state index in [4.69, 9.17) is 11.6 Å². The third-order valence-corrected chi connectivity index (χ3v) is 2.79. The third-order valence-electron chi connectivity index (χ3n) is 2.55. The fourth-order valence-electron chi connectivity index (χ4n) is 1.65. The Morgan fingerprint density at radius 3 is 2.95 bits per heavy atom. The van der Waals surface area contributed by atoms with Crippen LogP contribution in [0.15, 0.2) is 24.4 Å². The molecular formula is C13H16ClFN4. The Kier molecular flexibility index (Phi) is 4.50. The molecule has 0 amide bonds. The first kappa shape index (κ1) is 14.0. The Bertz CT molecular complexity index is 553. The molecule has 2 aromatic rings. The smallest absolute Gasteiger partial charge is 0.149 e. The summed E-state index contributed by atoms with van der Waals surface area (Å²) in [6.07, 6.45) is 1.70. The number of benzene rings is 1. The molecule has 1 N–H and O–H groups in total. The minimum atomic E-state index is -0.379. The normalized spacial score (nSPS) is 11.2. The minimum Gasteiger partial charge on any atom is -0.311 e. The van der Waals surface area contributed by atoms with Crippen LogP contribution in [0.4, 0.5) is 4.39 Å². The van der Waals surface area contributed by atoms with Crippen LogP contribution in [-0.2, 0) is 6.54 Å². The molecule has 6 heteroatoms. The summed E-state index contributed by atoms with van der Waals surface area (Å²) in [4.78, 5) is 0. The summed E-state index contributed by atoms with van der Waals surface area (Å²) in [5.41, 5.74) is 1.06. The van der Waals surface area contributed by atoms with E-state index in [1.54, 1.807) is 6.20 Å². The van der Waals surface area contributed by atoms with Crippen molar-refractivity contribution in [1.82, 2.24) is 20.3 Å². The van der Waals surface area contributed by atoms with E-state index in [-0.39, 0.29) is 5.82 Å². The van der Waals surface area contributed by atoms with Gasteiger partial charge in [0.25, 0.3) is 0 Å². The van der Waals surface area contributed by atoms with Gasteiger partial charge in [0.2, 0.25) is 0 Å². The Morgan fingerprint density at radius 2 is 2.21 bits per heavy atom. The van der Waals surface area contributed by atoms with Crippen LogP contribution in [0, 0.1) is 11.7 Å². The highest BCUT2D eigenvalue weighted by Crippen LogP contribution is 2.18. The average molecular weight is 283 g/mol. The van der Waals surface area contributed by atoms with E-state index in [1.165, 1.54) is 22.9 Å². The molecule has 2 rings (SSSR count). The minimum absolute atomic E-state index is 0.301. The predicted octanol–water partition coefficient (Wildman–Crippen LogP) is 2.81. The van der Waals surface area contributed by atoms with Crippen LogP contribution in [0.3, 0.4) is 0 Å². The van der Waals surface area contributed by atoms with Crippen molar-refractivity contribution in [2.45, 2.75) is 20.4 Å². The number of hydrogen-bond donors (Lipinski definition) is 1. The molecule has 4 nitrogen and oxygen atoms in total. The SMILES string of the molecule is CC(C)CNCc1cn(-c2cc(Cl)ccc2F)nn1. The van der Waals surface area contributed by atoms with Gasteiger partial charge in [-0.25, -0.2) is 9.07 Å². The van der Waals surface area contributed by atoms with Gasteiger partial charge in [0.05, 0.1) is 11.9 Å². The summed E-state index contributed by atoms with van der Waals surface area (Å²) >= 11 is 5.85. The molecule has 0 bridgehead atoms. The van der Waals surface area contributed by atoms with Crippen molar-refractivity contribution in [3.05, 3.63) is 40.9 Å². The Balaban J connectivity index is 2.10. The molecule has 0 radical (unpaired) electrons. The van der Waals surface area contributed by atoms with Crippen LogP contribution in [-0.4, -0.2) is 21.5 Å². The van der Waals surface area contributed by atoms with E-state index in [2.05, 4.69) is 29.5 Å². The highest BCUT2D eigenvalue weighted by atomic mass is 35.5. The van der Waals surface area contributed by atoms with Gasteiger partial charge in [-0.2, -0.15) is 0 Å². The second kappa shape index (κ2) is 6.12. The molecule has 0 aliphatic rings. The maximum atomic E-state index is 13.7. The van der Waals surface area contributed by atoms with E-state index in [9.17, 15) is 4.39 Å². The molecule has 1 aromatic heterocycles. The first-order valence-electron chi connectivity index (χ1n) is 6.13. The van der Waals surface area contributed by atoms with Crippen molar-refractivity contribution in [1.29, 1.82) is 0 Å². The van der Waals surface area contributed by atoms with E-state index < -0.39 is 0 Å². The van der Waals surface area contributed by atoms with Gasteiger partial charge in [-0.15, -0.1) is 5.10 Å². The van der Waals surface area contributed by atoms with Crippen LogP contribution < -0.4 is 5.32 Å². The van der Waals surface area contributed by atoms with Crippen molar-refractivity contribution in [2.24, 2.45) is 5.92 Å².